The molecule has 3 amide bonds. The van der Waals surface area contributed by atoms with Crippen LogP contribution in [-0.4, -0.2) is 61.8 Å². The van der Waals surface area contributed by atoms with Gasteiger partial charge in [-0.25, -0.2) is 4.79 Å². The third kappa shape index (κ3) is 9.64. The minimum Gasteiger partial charge on any atom is -0.410 e. The number of Topliss-reactive ketones (excluding diaryl/α,β-unsaturated/α-hetero) is 1. The maximum absolute atomic E-state index is 12.3. The molecule has 0 aliphatic rings. The van der Waals surface area contributed by atoms with Crippen molar-refractivity contribution in [2.75, 3.05) is 26.0 Å². The van der Waals surface area contributed by atoms with Crippen LogP contribution in [0.1, 0.15) is 18.4 Å². The highest BCUT2D eigenvalue weighted by Gasteiger charge is 2.23. The van der Waals surface area contributed by atoms with Gasteiger partial charge in [-0.3, -0.25) is 14.4 Å². The summed E-state index contributed by atoms with van der Waals surface area (Å²) in [4.78, 5) is 47.2. The largest absolute Gasteiger partial charge is 0.412 e. The van der Waals surface area contributed by atoms with Crippen LogP contribution < -0.4 is 37.9 Å². The standard InChI is InChI=1S/C20H32N6O5S/c1-24-16(17(27)9-13(10-32)18(23)28)6-7-25-20(30)31-14-4-2-12(3-5-14)8-15(22)19(29)26-11-21/h2-5,13,15-16,24,32H,6-11,21-22H2,1H3,(H2,23,28)(H,25,30)(H,26,29)/t13-,15-,16?/m0/s1. The Morgan fingerprint density at radius 3 is 2.31 bits per heavy atom. The van der Waals surface area contributed by atoms with E-state index in [0.717, 1.165) is 5.56 Å². The summed E-state index contributed by atoms with van der Waals surface area (Å²) >= 11 is 4.04. The number of rotatable bonds is 14. The molecule has 0 spiro atoms. The van der Waals surface area contributed by atoms with E-state index in [4.69, 9.17) is 21.9 Å². The third-order valence-corrected chi connectivity index (χ3v) is 5.15. The molecule has 1 aromatic carbocycles. The Labute approximate surface area is 192 Å². The van der Waals surface area contributed by atoms with Crippen LogP contribution in [0, 0.1) is 5.92 Å². The second kappa shape index (κ2) is 14.4. The average molecular weight is 469 g/mol. The minimum atomic E-state index is -0.734. The monoisotopic (exact) mass is 468 g/mol. The van der Waals surface area contributed by atoms with Gasteiger partial charge in [-0.2, -0.15) is 12.6 Å². The van der Waals surface area contributed by atoms with E-state index < -0.39 is 30.0 Å². The summed E-state index contributed by atoms with van der Waals surface area (Å²) < 4.78 is 5.20. The van der Waals surface area contributed by atoms with Gasteiger partial charge < -0.3 is 37.9 Å². The van der Waals surface area contributed by atoms with Gasteiger partial charge in [-0.1, -0.05) is 12.1 Å². The first-order valence-electron chi connectivity index (χ1n) is 10.1. The van der Waals surface area contributed by atoms with Crippen LogP contribution >= 0.6 is 12.6 Å². The minimum absolute atomic E-state index is 0.0151. The first-order valence-corrected chi connectivity index (χ1v) is 10.7. The van der Waals surface area contributed by atoms with Crippen molar-refractivity contribution in [3.63, 3.8) is 0 Å². The summed E-state index contributed by atoms with van der Waals surface area (Å²) in [6.45, 7) is 0.197. The summed E-state index contributed by atoms with van der Waals surface area (Å²) in [6.07, 6.45) is -0.0748. The number of primary amides is 1. The lowest BCUT2D eigenvalue weighted by molar-refractivity contribution is -0.127. The van der Waals surface area contributed by atoms with Gasteiger partial charge in [-0.05, 0) is 37.6 Å². The molecular weight excluding hydrogens is 436 g/mol. The van der Waals surface area contributed by atoms with Gasteiger partial charge in [0.15, 0.2) is 5.78 Å². The SMILES string of the molecule is CNC(CCNC(=O)Oc1ccc(C[C@H](N)C(=O)NCN)cc1)C(=O)C[C@@H](CS)C(N)=O. The lowest BCUT2D eigenvalue weighted by Gasteiger charge is -2.17. The van der Waals surface area contributed by atoms with Crippen molar-refractivity contribution >= 4 is 36.3 Å². The topological polar surface area (TPSA) is 192 Å². The van der Waals surface area contributed by atoms with Crippen molar-refractivity contribution in [3.8, 4) is 5.75 Å². The molecule has 0 saturated carbocycles. The van der Waals surface area contributed by atoms with Gasteiger partial charge >= 0.3 is 6.09 Å². The van der Waals surface area contributed by atoms with Crippen molar-refractivity contribution in [2.24, 2.45) is 23.1 Å². The highest BCUT2D eigenvalue weighted by Crippen LogP contribution is 2.14. The molecular formula is C20H32N6O5S. The molecule has 0 aliphatic heterocycles. The van der Waals surface area contributed by atoms with Crippen LogP contribution in [0.15, 0.2) is 24.3 Å². The fourth-order valence-electron chi connectivity index (χ4n) is 2.84. The van der Waals surface area contributed by atoms with Gasteiger partial charge in [0.05, 0.1) is 24.7 Å². The number of likely N-dealkylation sites (N-methyl/N-ethyl adjacent to an activating group) is 1. The number of amides is 3. The molecule has 0 aromatic heterocycles. The number of ether oxygens (including phenoxy) is 1. The summed E-state index contributed by atoms with van der Waals surface area (Å²) in [6, 6.07) is 5.29. The Kier molecular flexibility index (Phi) is 12.3. The van der Waals surface area contributed by atoms with E-state index in [2.05, 4.69) is 28.6 Å². The van der Waals surface area contributed by atoms with Gasteiger partial charge in [-0.15, -0.1) is 0 Å². The molecule has 11 nitrogen and oxygen atoms in total. The van der Waals surface area contributed by atoms with Crippen LogP contribution in [-0.2, 0) is 20.8 Å². The zero-order valence-corrected chi connectivity index (χ0v) is 18.9. The summed E-state index contributed by atoms with van der Waals surface area (Å²) in [5.41, 5.74) is 17.1. The lowest BCUT2D eigenvalue weighted by atomic mass is 9.98. The molecule has 32 heavy (non-hydrogen) atoms. The van der Waals surface area contributed by atoms with Crippen molar-refractivity contribution in [2.45, 2.75) is 31.3 Å². The fourth-order valence-corrected chi connectivity index (χ4v) is 3.15. The van der Waals surface area contributed by atoms with Gasteiger partial charge in [0.25, 0.3) is 0 Å². The molecule has 0 aliphatic carbocycles. The number of ketones is 1. The lowest BCUT2D eigenvalue weighted by Crippen LogP contribution is -2.44. The summed E-state index contributed by atoms with van der Waals surface area (Å²) in [5, 5.41) is 7.88. The predicted octanol–water partition coefficient (Wildman–Crippen LogP) is -1.35. The molecule has 9 N–H and O–H groups in total. The van der Waals surface area contributed by atoms with E-state index in [0.29, 0.717) is 18.6 Å². The zero-order chi connectivity index (χ0) is 24.1. The first-order chi connectivity index (χ1) is 15.2. The molecule has 0 heterocycles. The number of nitrogens with one attached hydrogen (secondary N) is 3. The van der Waals surface area contributed by atoms with E-state index in [1.165, 1.54) is 0 Å². The molecule has 178 valence electrons. The molecule has 0 saturated heterocycles. The molecule has 1 unspecified atom stereocenters. The third-order valence-electron chi connectivity index (χ3n) is 4.71. The van der Waals surface area contributed by atoms with Crippen molar-refractivity contribution in [1.29, 1.82) is 0 Å². The van der Waals surface area contributed by atoms with Gasteiger partial charge in [0, 0.05) is 18.7 Å². The van der Waals surface area contributed by atoms with E-state index in [-0.39, 0.29) is 37.1 Å². The van der Waals surface area contributed by atoms with Crippen LogP contribution in [0.3, 0.4) is 0 Å². The second-order valence-corrected chi connectivity index (χ2v) is 7.46. The average Bonchev–Trinajstić information content (AvgIpc) is 2.76. The number of carbonyl (C=O) groups excluding carboxylic acids is 4. The number of hydrogen-bond acceptors (Lipinski definition) is 9. The maximum Gasteiger partial charge on any atom is 0.412 e. The number of carbonyl (C=O) groups is 4. The summed E-state index contributed by atoms with van der Waals surface area (Å²) in [5.74, 6) is -1.24. The highest BCUT2D eigenvalue weighted by molar-refractivity contribution is 7.80. The molecule has 3 atom stereocenters. The van der Waals surface area contributed by atoms with Crippen LogP contribution in [0.5, 0.6) is 5.75 Å². The second-order valence-electron chi connectivity index (χ2n) is 7.10. The zero-order valence-electron chi connectivity index (χ0n) is 18.0. The Balaban J connectivity index is 2.46. The normalized spacial score (nSPS) is 13.5. The Hall–Kier alpha value is -2.67. The van der Waals surface area contributed by atoms with Crippen molar-refractivity contribution in [3.05, 3.63) is 29.8 Å². The molecule has 0 fully saturated rings. The van der Waals surface area contributed by atoms with Crippen LogP contribution in [0.25, 0.3) is 0 Å². The molecule has 1 aromatic rings. The van der Waals surface area contributed by atoms with E-state index in [1.54, 1.807) is 31.3 Å². The predicted molar refractivity (Wildman–Crippen MR) is 123 cm³/mol. The molecule has 12 heteroatoms. The summed E-state index contributed by atoms with van der Waals surface area (Å²) in [7, 11) is 1.62. The van der Waals surface area contributed by atoms with Crippen molar-refractivity contribution in [1.82, 2.24) is 16.0 Å². The maximum atomic E-state index is 12.3. The Morgan fingerprint density at radius 1 is 1.12 bits per heavy atom. The molecule has 0 radical (unpaired) electrons. The Bertz CT molecular complexity index is 776. The number of benzene rings is 1. The first kappa shape index (κ1) is 27.4. The van der Waals surface area contributed by atoms with Gasteiger partial charge in [0.2, 0.25) is 11.8 Å². The molecule has 1 rings (SSSR count). The number of hydrogen-bond donors (Lipinski definition) is 7. The number of thiol groups is 1. The molecule has 0 bridgehead atoms. The van der Waals surface area contributed by atoms with Crippen molar-refractivity contribution < 1.29 is 23.9 Å². The van der Waals surface area contributed by atoms with E-state index in [1.807, 2.05) is 0 Å². The highest BCUT2D eigenvalue weighted by atomic mass is 32.1. The van der Waals surface area contributed by atoms with Gasteiger partial charge in [0.1, 0.15) is 5.75 Å². The quantitative estimate of drug-likeness (QED) is 0.129. The smallest absolute Gasteiger partial charge is 0.410 e. The fraction of sp³-hybridized carbons (Fsp3) is 0.500. The van der Waals surface area contributed by atoms with Crippen LogP contribution in [0.4, 0.5) is 4.79 Å². The Morgan fingerprint density at radius 2 is 1.78 bits per heavy atom. The number of nitrogens with two attached hydrogens (primary N) is 3. The van der Waals surface area contributed by atoms with Crippen LogP contribution in [0.2, 0.25) is 0 Å². The van der Waals surface area contributed by atoms with E-state index in [9.17, 15) is 19.2 Å². The van der Waals surface area contributed by atoms with E-state index >= 15 is 0 Å².